The normalized spacial score (nSPS) is 17.7. The molecule has 0 saturated heterocycles. The Hall–Kier alpha value is -3.78. The maximum atomic E-state index is 13.8. The lowest BCUT2D eigenvalue weighted by Gasteiger charge is -2.20. The van der Waals surface area contributed by atoms with Gasteiger partial charge in [0, 0.05) is 47.5 Å². The Morgan fingerprint density at radius 3 is 2.11 bits per heavy atom. The third-order valence-corrected chi connectivity index (χ3v) is 9.59. The van der Waals surface area contributed by atoms with Crippen molar-refractivity contribution in [1.82, 2.24) is 30.3 Å². The number of aromatic nitrogens is 3. The van der Waals surface area contributed by atoms with Gasteiger partial charge in [0.25, 0.3) is 0 Å². The van der Waals surface area contributed by atoms with E-state index in [1.807, 2.05) is 50.4 Å². The van der Waals surface area contributed by atoms with Crippen molar-refractivity contribution >= 4 is 66.8 Å². The van der Waals surface area contributed by atoms with Gasteiger partial charge in [-0.3, -0.25) is 15.0 Å². The first-order valence-electron chi connectivity index (χ1n) is 14.6. The van der Waals surface area contributed by atoms with Gasteiger partial charge in [-0.15, -0.1) is 0 Å². The third kappa shape index (κ3) is 6.80. The van der Waals surface area contributed by atoms with E-state index >= 15 is 0 Å². The lowest BCUT2D eigenvalue weighted by molar-refractivity contribution is 0.548. The van der Waals surface area contributed by atoms with Crippen molar-refractivity contribution in [3.05, 3.63) is 84.2 Å². The van der Waals surface area contributed by atoms with Crippen molar-refractivity contribution in [2.24, 2.45) is 5.92 Å². The predicted molar refractivity (Wildman–Crippen MR) is 181 cm³/mol. The van der Waals surface area contributed by atoms with Crippen LogP contribution < -0.4 is 26.0 Å². The van der Waals surface area contributed by atoms with Crippen LogP contribution in [0.1, 0.15) is 67.9 Å². The van der Waals surface area contributed by atoms with Crippen molar-refractivity contribution in [3.8, 4) is 0 Å². The molecule has 0 radical (unpaired) electrons. The Morgan fingerprint density at radius 1 is 0.909 bits per heavy atom. The number of thiocarbonyl (C=S) groups is 2. The summed E-state index contributed by atoms with van der Waals surface area (Å²) in [4.78, 5) is 13.3. The summed E-state index contributed by atoms with van der Waals surface area (Å²) in [5, 5.41) is 15.5. The summed E-state index contributed by atoms with van der Waals surface area (Å²) in [7, 11) is -3.84. The minimum Gasteiger partial charge on any atom is -0.356 e. The van der Waals surface area contributed by atoms with Crippen LogP contribution in [0.5, 0.6) is 0 Å². The topological polar surface area (TPSA) is 133 Å². The van der Waals surface area contributed by atoms with E-state index < -0.39 is 10.0 Å². The highest BCUT2D eigenvalue weighted by atomic mass is 32.2. The molecule has 3 heterocycles. The quantitative estimate of drug-likeness (QED) is 0.152. The molecule has 2 atom stereocenters. The fourth-order valence-corrected chi connectivity index (χ4v) is 7.44. The van der Waals surface area contributed by atoms with Crippen molar-refractivity contribution in [1.29, 1.82) is 0 Å². The largest absolute Gasteiger partial charge is 0.356 e. The summed E-state index contributed by atoms with van der Waals surface area (Å²) in [6, 6.07) is 10.6. The average Bonchev–Trinajstić information content (AvgIpc) is 3.80. The van der Waals surface area contributed by atoms with Crippen LogP contribution in [-0.4, -0.2) is 40.1 Å². The van der Waals surface area contributed by atoms with Crippen molar-refractivity contribution < 1.29 is 8.42 Å². The molecule has 2 unspecified atom stereocenters. The van der Waals surface area contributed by atoms with Crippen molar-refractivity contribution in [2.45, 2.75) is 56.0 Å². The van der Waals surface area contributed by atoms with Crippen LogP contribution in [0, 0.1) is 5.92 Å². The number of hydrogen-bond acceptors (Lipinski definition) is 7. The third-order valence-electron chi connectivity index (χ3n) is 7.69. The lowest BCUT2D eigenvalue weighted by atomic mass is 9.98. The van der Waals surface area contributed by atoms with Gasteiger partial charge in [-0.05, 0) is 97.1 Å². The summed E-state index contributed by atoms with van der Waals surface area (Å²) >= 11 is 11.4. The Balaban J connectivity index is 1.41. The van der Waals surface area contributed by atoms with Gasteiger partial charge < -0.3 is 21.3 Å². The molecule has 0 bridgehead atoms. The van der Waals surface area contributed by atoms with Gasteiger partial charge >= 0.3 is 0 Å². The highest BCUT2D eigenvalue weighted by Gasteiger charge is 2.37. The number of anilines is 2. The molecule has 2 aliphatic rings. The number of nitrogens with zero attached hydrogens (tertiary/aromatic N) is 3. The molecule has 0 spiro atoms. The fraction of sp³-hybridized carbons (Fsp3) is 0.323. The van der Waals surface area contributed by atoms with Gasteiger partial charge in [-0.2, -0.15) is 0 Å². The van der Waals surface area contributed by atoms with Crippen molar-refractivity contribution in [3.63, 3.8) is 0 Å². The van der Waals surface area contributed by atoms with Gasteiger partial charge in [0.05, 0.1) is 40.7 Å². The summed E-state index contributed by atoms with van der Waals surface area (Å²) in [6.07, 6.45) is 11.3. The van der Waals surface area contributed by atoms with Crippen LogP contribution in [0.4, 0.5) is 11.4 Å². The molecule has 2 aliphatic carbocycles. The highest BCUT2D eigenvalue weighted by molar-refractivity contribution is 7.89. The number of rotatable bonds is 9. The molecule has 3 aromatic heterocycles. The molecular formula is C31H34N8O2S3. The molecule has 10 nitrogen and oxygen atoms in total. The van der Waals surface area contributed by atoms with E-state index in [1.54, 1.807) is 30.9 Å². The summed E-state index contributed by atoms with van der Waals surface area (Å²) in [5.74, 6) is 0.517. The zero-order chi connectivity index (χ0) is 30.8. The molecule has 228 valence electrons. The first-order chi connectivity index (χ1) is 21.2. The molecule has 0 amide bonds. The number of nitrogens with one attached hydrogen (secondary N) is 5. The Bertz CT molecular complexity index is 1800. The van der Waals surface area contributed by atoms with Crippen molar-refractivity contribution in [2.75, 3.05) is 17.2 Å². The second kappa shape index (κ2) is 12.7. The number of benzene rings is 1. The molecule has 13 heteroatoms. The molecule has 5 N–H and O–H groups in total. The second-order valence-corrected chi connectivity index (χ2v) is 14.1. The number of fused-ring (bicyclic) bond motifs is 3. The molecule has 4 aromatic rings. The van der Waals surface area contributed by atoms with Gasteiger partial charge in [0.15, 0.2) is 10.2 Å². The van der Waals surface area contributed by atoms with E-state index in [0.29, 0.717) is 34.5 Å². The van der Waals surface area contributed by atoms with Crippen LogP contribution in [0.2, 0.25) is 0 Å². The van der Waals surface area contributed by atoms with Gasteiger partial charge in [-0.25, -0.2) is 13.1 Å². The molecule has 1 fully saturated rings. The van der Waals surface area contributed by atoms with E-state index in [1.165, 1.54) is 0 Å². The monoisotopic (exact) mass is 646 g/mol. The van der Waals surface area contributed by atoms with Crippen LogP contribution in [0.15, 0.2) is 72.3 Å². The minimum atomic E-state index is -3.84. The summed E-state index contributed by atoms with van der Waals surface area (Å²) in [5.41, 5.74) is 4.19. The van der Waals surface area contributed by atoms with Crippen LogP contribution in [-0.2, 0) is 10.0 Å². The summed E-state index contributed by atoms with van der Waals surface area (Å²) < 4.78 is 30.5. The van der Waals surface area contributed by atoms with Gasteiger partial charge in [-0.1, -0.05) is 13.8 Å². The van der Waals surface area contributed by atoms with E-state index in [-0.39, 0.29) is 22.9 Å². The van der Waals surface area contributed by atoms with E-state index in [4.69, 9.17) is 29.4 Å². The Labute approximate surface area is 267 Å². The zero-order valence-corrected chi connectivity index (χ0v) is 26.8. The van der Waals surface area contributed by atoms with Crippen LogP contribution in [0.3, 0.4) is 0 Å². The molecule has 6 rings (SSSR count). The zero-order valence-electron chi connectivity index (χ0n) is 24.4. The standard InChI is InChI=1S/C31H34N8O2S3/c1-18(2)14-35-44(40,41)28-12-23-26(38-30(42)36-20-5-3-9-32-15-20)13-27(39-31(43)37-21-6-4-10-33-16-21)29(23)24-17-34-25(11-22(24)28)19-7-8-19/h3-6,9-12,15-19,26-27,35H,7-8,13-14H2,1-2H3,(H2,36,38,42)(H2,37,39,43). The first-order valence-corrected chi connectivity index (χ1v) is 16.9. The highest BCUT2D eigenvalue weighted by Crippen LogP contribution is 2.46. The molecule has 1 aromatic carbocycles. The Morgan fingerprint density at radius 2 is 1.55 bits per heavy atom. The lowest BCUT2D eigenvalue weighted by Crippen LogP contribution is -2.34. The van der Waals surface area contributed by atoms with Crippen LogP contribution in [0.25, 0.3) is 10.8 Å². The minimum absolute atomic E-state index is 0.154. The Kier molecular flexibility index (Phi) is 8.72. The van der Waals surface area contributed by atoms with Crippen LogP contribution >= 0.6 is 24.4 Å². The second-order valence-electron chi connectivity index (χ2n) is 11.6. The van der Waals surface area contributed by atoms with Gasteiger partial charge in [0.2, 0.25) is 10.0 Å². The maximum Gasteiger partial charge on any atom is 0.241 e. The molecule has 1 saturated carbocycles. The van der Waals surface area contributed by atoms with E-state index in [9.17, 15) is 8.42 Å². The molecule has 0 aliphatic heterocycles. The summed E-state index contributed by atoms with van der Waals surface area (Å²) in [6.45, 7) is 4.29. The number of pyridine rings is 3. The number of sulfonamides is 1. The SMILES string of the molecule is CC(C)CNS(=O)(=O)c1cc2c(c3cnc(C4CC4)cc13)C(NC(=S)Nc1cccnc1)CC2NC(=S)Nc1cccnc1. The first kappa shape index (κ1) is 30.3. The molecule has 44 heavy (non-hydrogen) atoms. The smallest absolute Gasteiger partial charge is 0.241 e. The fourth-order valence-electron chi connectivity index (χ4n) is 5.47. The van der Waals surface area contributed by atoms with E-state index in [0.717, 1.165) is 46.4 Å². The van der Waals surface area contributed by atoms with E-state index in [2.05, 4.69) is 36.0 Å². The predicted octanol–water partition coefficient (Wildman–Crippen LogP) is 5.30. The molecular weight excluding hydrogens is 613 g/mol. The maximum absolute atomic E-state index is 13.8. The van der Waals surface area contributed by atoms with Gasteiger partial charge in [0.1, 0.15) is 0 Å². The number of hydrogen-bond donors (Lipinski definition) is 5. The average molecular weight is 647 g/mol.